The van der Waals surface area contributed by atoms with Crippen LogP contribution in [-0.4, -0.2) is 29.0 Å². The molecule has 0 unspecified atom stereocenters. The third kappa shape index (κ3) is 4.22. The van der Waals surface area contributed by atoms with Crippen LogP contribution in [0.15, 0.2) is 83.3 Å². The zero-order chi connectivity index (χ0) is 23.7. The van der Waals surface area contributed by atoms with Crippen molar-refractivity contribution in [3.05, 3.63) is 90.0 Å². The second-order valence-corrected chi connectivity index (χ2v) is 8.51. The summed E-state index contributed by atoms with van der Waals surface area (Å²) in [6.45, 7) is 4.40. The van der Waals surface area contributed by atoms with Gasteiger partial charge in [-0.25, -0.2) is 14.8 Å². The standard InChI is InChI=1S/C28H25N3O3/c1-18(2)31(3)27-26(25-16-20-11-7-8-12-24(20)34-25)29-22-14-13-21(15-23(22)30-27)28(32)33-17-19-9-5-4-6-10-19/h4-16,18H,17H2,1-3H3. The topological polar surface area (TPSA) is 68.5 Å². The van der Waals surface area contributed by atoms with E-state index in [4.69, 9.17) is 19.1 Å². The van der Waals surface area contributed by atoms with Gasteiger partial charge >= 0.3 is 5.97 Å². The van der Waals surface area contributed by atoms with E-state index in [0.29, 0.717) is 33.9 Å². The number of para-hydroxylation sites is 1. The second-order valence-electron chi connectivity index (χ2n) is 8.51. The number of carbonyl (C=O) groups excluding carboxylic acids is 1. The fourth-order valence-electron chi connectivity index (χ4n) is 3.73. The fraction of sp³-hybridized carbons (Fsp3) is 0.179. The molecule has 6 nitrogen and oxygen atoms in total. The Morgan fingerprint density at radius 3 is 2.47 bits per heavy atom. The summed E-state index contributed by atoms with van der Waals surface area (Å²) >= 11 is 0. The lowest BCUT2D eigenvalue weighted by atomic mass is 10.1. The van der Waals surface area contributed by atoms with Crippen molar-refractivity contribution in [3.8, 4) is 11.5 Å². The molecule has 2 aromatic heterocycles. The average Bonchev–Trinajstić information content (AvgIpc) is 3.30. The number of ether oxygens (including phenoxy) is 1. The van der Waals surface area contributed by atoms with Crippen LogP contribution in [-0.2, 0) is 11.3 Å². The normalized spacial score (nSPS) is 11.3. The Bertz CT molecular complexity index is 1440. The van der Waals surface area contributed by atoms with E-state index >= 15 is 0 Å². The zero-order valence-electron chi connectivity index (χ0n) is 19.4. The number of hydrogen-bond donors (Lipinski definition) is 0. The maximum atomic E-state index is 12.7. The first-order chi connectivity index (χ1) is 16.5. The quantitative estimate of drug-likeness (QED) is 0.285. The number of fused-ring (bicyclic) bond motifs is 2. The monoisotopic (exact) mass is 451 g/mol. The number of nitrogens with zero attached hydrogens (tertiary/aromatic N) is 3. The summed E-state index contributed by atoms with van der Waals surface area (Å²) in [7, 11) is 1.98. The van der Waals surface area contributed by atoms with E-state index in [1.165, 1.54) is 0 Å². The smallest absolute Gasteiger partial charge is 0.338 e. The first-order valence-corrected chi connectivity index (χ1v) is 11.2. The van der Waals surface area contributed by atoms with Gasteiger partial charge in [0.2, 0.25) is 0 Å². The molecule has 0 radical (unpaired) electrons. The maximum Gasteiger partial charge on any atom is 0.338 e. The van der Waals surface area contributed by atoms with E-state index in [1.807, 2.05) is 67.7 Å². The molecule has 170 valence electrons. The Labute approximate surface area is 197 Å². The molecule has 0 fully saturated rings. The van der Waals surface area contributed by atoms with E-state index in [2.05, 4.69) is 18.7 Å². The van der Waals surface area contributed by atoms with Crippen molar-refractivity contribution in [2.75, 3.05) is 11.9 Å². The minimum absolute atomic E-state index is 0.189. The Morgan fingerprint density at radius 1 is 0.941 bits per heavy atom. The van der Waals surface area contributed by atoms with Gasteiger partial charge in [-0.05, 0) is 49.7 Å². The molecule has 0 aliphatic carbocycles. The van der Waals surface area contributed by atoms with Crippen molar-refractivity contribution in [3.63, 3.8) is 0 Å². The van der Waals surface area contributed by atoms with Crippen molar-refractivity contribution < 1.29 is 13.9 Å². The van der Waals surface area contributed by atoms with E-state index in [9.17, 15) is 4.79 Å². The Balaban J connectivity index is 1.53. The van der Waals surface area contributed by atoms with Crippen molar-refractivity contribution in [1.82, 2.24) is 9.97 Å². The summed E-state index contributed by atoms with van der Waals surface area (Å²) in [5.41, 5.74) is 4.14. The van der Waals surface area contributed by atoms with E-state index in [-0.39, 0.29) is 12.6 Å². The highest BCUT2D eigenvalue weighted by molar-refractivity contribution is 5.95. The third-order valence-electron chi connectivity index (χ3n) is 5.86. The number of aromatic nitrogens is 2. The third-order valence-corrected chi connectivity index (χ3v) is 5.86. The van der Waals surface area contributed by atoms with Crippen LogP contribution in [0.5, 0.6) is 0 Å². The number of esters is 1. The van der Waals surface area contributed by atoms with Gasteiger partial charge in [0.05, 0.1) is 16.6 Å². The van der Waals surface area contributed by atoms with Crippen molar-refractivity contribution in [2.24, 2.45) is 0 Å². The first kappa shape index (κ1) is 21.6. The molecule has 0 aliphatic heterocycles. The minimum atomic E-state index is -0.396. The molecule has 3 aromatic carbocycles. The lowest BCUT2D eigenvalue weighted by Crippen LogP contribution is -2.27. The number of furan rings is 1. The van der Waals surface area contributed by atoms with Crippen LogP contribution < -0.4 is 4.90 Å². The largest absolute Gasteiger partial charge is 0.457 e. The molecule has 0 saturated heterocycles. The predicted octanol–water partition coefficient (Wildman–Crippen LogP) is 6.24. The summed E-state index contributed by atoms with van der Waals surface area (Å²) in [4.78, 5) is 24.5. The van der Waals surface area contributed by atoms with E-state index < -0.39 is 5.97 Å². The van der Waals surface area contributed by atoms with Gasteiger partial charge < -0.3 is 14.1 Å². The number of hydrogen-bond acceptors (Lipinski definition) is 6. The van der Waals surface area contributed by atoms with Crippen molar-refractivity contribution in [1.29, 1.82) is 0 Å². The zero-order valence-corrected chi connectivity index (χ0v) is 19.4. The molecule has 34 heavy (non-hydrogen) atoms. The molecule has 2 heterocycles. The van der Waals surface area contributed by atoms with Gasteiger partial charge in [-0.3, -0.25) is 0 Å². The molecule has 5 rings (SSSR count). The number of anilines is 1. The average molecular weight is 452 g/mol. The molecule has 0 atom stereocenters. The lowest BCUT2D eigenvalue weighted by Gasteiger charge is -2.24. The van der Waals surface area contributed by atoms with Gasteiger partial charge in [-0.2, -0.15) is 0 Å². The summed E-state index contributed by atoms with van der Waals surface area (Å²) < 4.78 is 11.6. The van der Waals surface area contributed by atoms with Gasteiger partial charge in [-0.15, -0.1) is 0 Å². The second kappa shape index (κ2) is 8.98. The fourth-order valence-corrected chi connectivity index (χ4v) is 3.73. The van der Waals surface area contributed by atoms with Crippen molar-refractivity contribution >= 4 is 33.8 Å². The van der Waals surface area contributed by atoms with Gasteiger partial charge in [0, 0.05) is 18.5 Å². The Morgan fingerprint density at radius 2 is 1.71 bits per heavy atom. The van der Waals surface area contributed by atoms with Gasteiger partial charge in [-0.1, -0.05) is 48.5 Å². The summed E-state index contributed by atoms with van der Waals surface area (Å²) in [5.74, 6) is 0.952. The van der Waals surface area contributed by atoms with Crippen molar-refractivity contribution in [2.45, 2.75) is 26.5 Å². The Kier molecular flexibility index (Phi) is 5.72. The minimum Gasteiger partial charge on any atom is -0.457 e. The van der Waals surface area contributed by atoms with Crippen LogP contribution in [0.4, 0.5) is 5.82 Å². The summed E-state index contributed by atoms with van der Waals surface area (Å²) in [6.07, 6.45) is 0. The SMILES string of the molecule is CC(C)N(C)c1nc2cc(C(=O)OCc3ccccc3)ccc2nc1-c1cc2ccccc2o1. The molecule has 0 aliphatic rings. The number of rotatable bonds is 6. The van der Waals surface area contributed by atoms with Crippen LogP contribution in [0.2, 0.25) is 0 Å². The number of benzene rings is 3. The molecule has 0 N–H and O–H groups in total. The van der Waals surface area contributed by atoms with Gasteiger partial charge in [0.15, 0.2) is 11.6 Å². The van der Waals surface area contributed by atoms with Crippen LogP contribution in [0, 0.1) is 0 Å². The highest BCUT2D eigenvalue weighted by Crippen LogP contribution is 2.34. The van der Waals surface area contributed by atoms with Gasteiger partial charge in [0.25, 0.3) is 0 Å². The van der Waals surface area contributed by atoms with E-state index in [1.54, 1.807) is 18.2 Å². The molecule has 0 bridgehead atoms. The van der Waals surface area contributed by atoms with Crippen LogP contribution in [0.3, 0.4) is 0 Å². The molecule has 0 amide bonds. The predicted molar refractivity (Wildman–Crippen MR) is 134 cm³/mol. The van der Waals surface area contributed by atoms with E-state index in [0.717, 1.165) is 16.5 Å². The number of carbonyl (C=O) groups is 1. The molecule has 6 heteroatoms. The highest BCUT2D eigenvalue weighted by Gasteiger charge is 2.20. The molecule has 5 aromatic rings. The molecular weight excluding hydrogens is 426 g/mol. The first-order valence-electron chi connectivity index (χ1n) is 11.2. The molecule has 0 spiro atoms. The summed E-state index contributed by atoms with van der Waals surface area (Å²) in [5, 5.41) is 1.01. The lowest BCUT2D eigenvalue weighted by molar-refractivity contribution is 0.0473. The maximum absolute atomic E-state index is 12.7. The summed E-state index contributed by atoms with van der Waals surface area (Å²) in [6, 6.07) is 24.9. The van der Waals surface area contributed by atoms with Crippen LogP contribution >= 0.6 is 0 Å². The molecule has 0 saturated carbocycles. The van der Waals surface area contributed by atoms with Crippen LogP contribution in [0.25, 0.3) is 33.5 Å². The Hall–Kier alpha value is -4.19. The highest BCUT2D eigenvalue weighted by atomic mass is 16.5. The van der Waals surface area contributed by atoms with Crippen LogP contribution in [0.1, 0.15) is 29.8 Å². The van der Waals surface area contributed by atoms with Gasteiger partial charge in [0.1, 0.15) is 17.9 Å². The molecular formula is C28H25N3O3.